The molecule has 0 amide bonds. The van der Waals surface area contributed by atoms with Gasteiger partial charge in [-0.15, -0.1) is 0 Å². The van der Waals surface area contributed by atoms with Crippen LogP contribution in [0.3, 0.4) is 0 Å². The second-order valence-electron chi connectivity index (χ2n) is 2.73. The van der Waals surface area contributed by atoms with E-state index in [1.807, 2.05) is 36.4 Å². The Morgan fingerprint density at radius 3 is 2.85 bits per heavy atom. The monoisotopic (exact) mass is 169 g/mol. The second-order valence-corrected chi connectivity index (χ2v) is 2.73. The average Bonchev–Trinajstić information content (AvgIpc) is 2.20. The molecule has 1 radical (unpaired) electrons. The zero-order chi connectivity index (χ0) is 9.10. The maximum absolute atomic E-state index is 5.73. The van der Waals surface area contributed by atoms with Crippen molar-refractivity contribution in [1.29, 1.82) is 0 Å². The molecule has 1 aromatic heterocycles. The normalized spacial score (nSPS) is 9.85. The fourth-order valence-electron chi connectivity index (χ4n) is 1.22. The summed E-state index contributed by atoms with van der Waals surface area (Å²) in [6.07, 6.45) is 1.69. The quantitative estimate of drug-likeness (QED) is 0.710. The smallest absolute Gasteiger partial charge is 0.131 e. The Bertz CT molecular complexity index is 396. The molecule has 0 aliphatic heterocycles. The summed E-state index contributed by atoms with van der Waals surface area (Å²) >= 11 is 0. The van der Waals surface area contributed by atoms with Gasteiger partial charge in [-0.2, -0.15) is 0 Å². The molecule has 2 nitrogen and oxygen atoms in total. The molecule has 0 aliphatic carbocycles. The lowest BCUT2D eigenvalue weighted by molar-refractivity contribution is 1.34. The summed E-state index contributed by atoms with van der Waals surface area (Å²) in [4.78, 5) is 4.02. The van der Waals surface area contributed by atoms with Crippen LogP contribution in [0.15, 0.2) is 42.6 Å². The maximum Gasteiger partial charge on any atom is 0.131 e. The molecule has 0 saturated heterocycles. The summed E-state index contributed by atoms with van der Waals surface area (Å²) in [5, 5.41) is 0. The highest BCUT2D eigenvalue weighted by atomic mass is 14.8. The molecule has 0 atom stereocenters. The Kier molecular flexibility index (Phi) is 1.96. The summed E-state index contributed by atoms with van der Waals surface area (Å²) in [5.41, 5.74) is 7.73. The van der Waals surface area contributed by atoms with E-state index in [1.165, 1.54) is 0 Å². The highest BCUT2D eigenvalue weighted by Crippen LogP contribution is 2.22. The van der Waals surface area contributed by atoms with E-state index >= 15 is 0 Å². The first-order chi connectivity index (χ1) is 6.38. The topological polar surface area (TPSA) is 38.9 Å². The second kappa shape index (κ2) is 3.27. The Balaban J connectivity index is 2.54. The van der Waals surface area contributed by atoms with Crippen LogP contribution >= 0.6 is 0 Å². The zero-order valence-corrected chi connectivity index (χ0v) is 7.07. The van der Waals surface area contributed by atoms with Crippen LogP contribution in [0.5, 0.6) is 0 Å². The number of rotatable bonds is 1. The van der Waals surface area contributed by atoms with Crippen LogP contribution in [0.25, 0.3) is 11.1 Å². The van der Waals surface area contributed by atoms with Crippen molar-refractivity contribution >= 4 is 5.82 Å². The van der Waals surface area contributed by atoms with E-state index < -0.39 is 0 Å². The van der Waals surface area contributed by atoms with Crippen molar-refractivity contribution in [2.45, 2.75) is 0 Å². The summed E-state index contributed by atoms with van der Waals surface area (Å²) in [6, 6.07) is 14.5. The molecule has 1 aromatic carbocycles. The van der Waals surface area contributed by atoms with Gasteiger partial charge in [0.05, 0.1) is 0 Å². The molecular formula is C11H9N2. The Hall–Kier alpha value is -1.83. The van der Waals surface area contributed by atoms with E-state index in [-0.39, 0.29) is 0 Å². The summed E-state index contributed by atoms with van der Waals surface area (Å²) < 4.78 is 0. The fourth-order valence-corrected chi connectivity index (χ4v) is 1.22. The SMILES string of the molecule is Nc1ncccc1-c1c[c]ccc1. The predicted molar refractivity (Wildman–Crippen MR) is 52.9 cm³/mol. The molecule has 0 unspecified atom stereocenters. The van der Waals surface area contributed by atoms with Gasteiger partial charge in [-0.1, -0.05) is 18.2 Å². The number of hydrogen-bond donors (Lipinski definition) is 1. The Labute approximate surface area is 77.0 Å². The van der Waals surface area contributed by atoms with E-state index in [2.05, 4.69) is 11.1 Å². The number of nitrogen functional groups attached to an aromatic ring is 1. The van der Waals surface area contributed by atoms with Gasteiger partial charge in [-0.3, -0.25) is 0 Å². The molecule has 13 heavy (non-hydrogen) atoms. The number of aromatic nitrogens is 1. The third-order valence-corrected chi connectivity index (χ3v) is 1.86. The van der Waals surface area contributed by atoms with Crippen molar-refractivity contribution in [3.05, 3.63) is 48.7 Å². The van der Waals surface area contributed by atoms with E-state index in [4.69, 9.17) is 5.73 Å². The molecule has 0 spiro atoms. The highest BCUT2D eigenvalue weighted by molar-refractivity contribution is 5.73. The van der Waals surface area contributed by atoms with Gasteiger partial charge in [0.15, 0.2) is 0 Å². The molecule has 2 rings (SSSR count). The zero-order valence-electron chi connectivity index (χ0n) is 7.07. The highest BCUT2D eigenvalue weighted by Gasteiger charge is 2.00. The van der Waals surface area contributed by atoms with Crippen molar-refractivity contribution in [2.24, 2.45) is 0 Å². The van der Waals surface area contributed by atoms with Crippen LogP contribution in [0.1, 0.15) is 0 Å². The minimum Gasteiger partial charge on any atom is -0.383 e. The molecule has 63 valence electrons. The molecule has 2 N–H and O–H groups in total. The fraction of sp³-hybridized carbons (Fsp3) is 0. The van der Waals surface area contributed by atoms with E-state index in [9.17, 15) is 0 Å². The minimum absolute atomic E-state index is 0.558. The predicted octanol–water partition coefficient (Wildman–Crippen LogP) is 2.13. The first-order valence-electron chi connectivity index (χ1n) is 4.05. The van der Waals surface area contributed by atoms with Gasteiger partial charge in [-0.05, 0) is 29.8 Å². The van der Waals surface area contributed by atoms with Gasteiger partial charge in [0.1, 0.15) is 5.82 Å². The van der Waals surface area contributed by atoms with Crippen molar-refractivity contribution in [3.63, 3.8) is 0 Å². The van der Waals surface area contributed by atoms with Crippen LogP contribution in [0.4, 0.5) is 5.82 Å². The van der Waals surface area contributed by atoms with E-state index in [1.54, 1.807) is 6.20 Å². The van der Waals surface area contributed by atoms with Crippen molar-refractivity contribution in [1.82, 2.24) is 4.98 Å². The number of hydrogen-bond acceptors (Lipinski definition) is 2. The molecular weight excluding hydrogens is 160 g/mol. The number of nitrogens with two attached hydrogens (primary N) is 1. The molecule has 1 heterocycles. The van der Waals surface area contributed by atoms with Gasteiger partial charge in [0.2, 0.25) is 0 Å². The van der Waals surface area contributed by atoms with Gasteiger partial charge < -0.3 is 5.73 Å². The number of pyridine rings is 1. The third kappa shape index (κ3) is 1.51. The summed E-state index contributed by atoms with van der Waals surface area (Å²) in [7, 11) is 0. The first kappa shape index (κ1) is 7.80. The minimum atomic E-state index is 0.558. The van der Waals surface area contributed by atoms with Crippen molar-refractivity contribution < 1.29 is 0 Å². The van der Waals surface area contributed by atoms with Gasteiger partial charge in [0.25, 0.3) is 0 Å². The summed E-state index contributed by atoms with van der Waals surface area (Å²) in [6.45, 7) is 0. The lowest BCUT2D eigenvalue weighted by Gasteiger charge is -2.02. The standard InChI is InChI=1S/C11H9N2/c12-11-10(7-4-8-13-11)9-5-2-1-3-6-9/h1-2,4-8H,(H2,12,13). The maximum atomic E-state index is 5.73. The van der Waals surface area contributed by atoms with Gasteiger partial charge >= 0.3 is 0 Å². The van der Waals surface area contributed by atoms with E-state index in [0.717, 1.165) is 11.1 Å². The molecule has 2 heteroatoms. The van der Waals surface area contributed by atoms with Crippen molar-refractivity contribution in [3.8, 4) is 11.1 Å². The lowest BCUT2D eigenvalue weighted by atomic mass is 10.1. The largest absolute Gasteiger partial charge is 0.383 e. The third-order valence-electron chi connectivity index (χ3n) is 1.86. The molecule has 0 aliphatic rings. The average molecular weight is 169 g/mol. The first-order valence-corrected chi connectivity index (χ1v) is 4.05. The van der Waals surface area contributed by atoms with Crippen molar-refractivity contribution in [2.75, 3.05) is 5.73 Å². The van der Waals surface area contributed by atoms with Crippen LogP contribution < -0.4 is 5.73 Å². The van der Waals surface area contributed by atoms with Gasteiger partial charge in [-0.25, -0.2) is 4.98 Å². The van der Waals surface area contributed by atoms with Gasteiger partial charge in [0, 0.05) is 11.8 Å². The van der Waals surface area contributed by atoms with Crippen LogP contribution in [-0.2, 0) is 0 Å². The van der Waals surface area contributed by atoms with E-state index in [0.29, 0.717) is 5.82 Å². The Morgan fingerprint density at radius 2 is 2.15 bits per heavy atom. The van der Waals surface area contributed by atoms with Crippen LogP contribution in [-0.4, -0.2) is 4.98 Å². The number of anilines is 1. The Morgan fingerprint density at radius 1 is 1.23 bits per heavy atom. The molecule has 0 bridgehead atoms. The van der Waals surface area contributed by atoms with Crippen LogP contribution in [0, 0.1) is 6.07 Å². The summed E-state index contributed by atoms with van der Waals surface area (Å²) in [5.74, 6) is 0.558. The molecule has 2 aromatic rings. The molecule has 0 fully saturated rings. The number of nitrogens with zero attached hydrogens (tertiary/aromatic N) is 1. The van der Waals surface area contributed by atoms with Crippen LogP contribution in [0.2, 0.25) is 0 Å². The molecule has 0 saturated carbocycles. The number of benzene rings is 1. The lowest BCUT2D eigenvalue weighted by Crippen LogP contribution is -1.92.